The molecule has 0 unspecified atom stereocenters. The summed E-state index contributed by atoms with van der Waals surface area (Å²) in [6.07, 6.45) is 2.89. The van der Waals surface area contributed by atoms with Gasteiger partial charge in [-0.25, -0.2) is 0 Å². The first-order chi connectivity index (χ1) is 10.9. The Morgan fingerprint density at radius 1 is 1.22 bits per heavy atom. The van der Waals surface area contributed by atoms with Crippen LogP contribution in [0.1, 0.15) is 28.8 Å². The van der Waals surface area contributed by atoms with E-state index >= 15 is 0 Å². The molecule has 5 nitrogen and oxygen atoms in total. The number of rotatable bonds is 4. The van der Waals surface area contributed by atoms with Gasteiger partial charge in [-0.3, -0.25) is 14.9 Å². The highest BCUT2D eigenvalue weighted by Crippen LogP contribution is 2.11. The standard InChI is InChI=1S/C17H16N2O3S/c1-11-6-7-15(22-11)8-9-16(21)19-17(23)18-14-5-3-4-13(10-14)12(2)20/h3-10H,1-2H3,(H2,18,19,21,23). The van der Waals surface area contributed by atoms with Crippen molar-refractivity contribution in [3.05, 3.63) is 59.6 Å². The summed E-state index contributed by atoms with van der Waals surface area (Å²) < 4.78 is 5.32. The maximum absolute atomic E-state index is 11.8. The number of thiocarbonyl (C=S) groups is 1. The van der Waals surface area contributed by atoms with Gasteiger partial charge in [0.1, 0.15) is 11.5 Å². The predicted molar refractivity (Wildman–Crippen MR) is 93.3 cm³/mol. The van der Waals surface area contributed by atoms with Gasteiger partial charge in [0.15, 0.2) is 10.9 Å². The van der Waals surface area contributed by atoms with Crippen LogP contribution >= 0.6 is 12.2 Å². The lowest BCUT2D eigenvalue weighted by Gasteiger charge is -2.08. The molecule has 0 saturated carbocycles. The lowest BCUT2D eigenvalue weighted by molar-refractivity contribution is -0.115. The van der Waals surface area contributed by atoms with Gasteiger partial charge in [-0.1, -0.05) is 12.1 Å². The molecule has 2 aromatic rings. The smallest absolute Gasteiger partial charge is 0.250 e. The van der Waals surface area contributed by atoms with E-state index in [0.717, 1.165) is 5.76 Å². The van der Waals surface area contributed by atoms with E-state index in [1.54, 1.807) is 36.4 Å². The fourth-order valence-electron chi connectivity index (χ4n) is 1.83. The Labute approximate surface area is 139 Å². The van der Waals surface area contributed by atoms with Crippen molar-refractivity contribution in [1.29, 1.82) is 0 Å². The molecular weight excluding hydrogens is 312 g/mol. The fraction of sp³-hybridized carbons (Fsp3) is 0.118. The third-order valence-electron chi connectivity index (χ3n) is 2.92. The van der Waals surface area contributed by atoms with Crippen LogP contribution in [-0.4, -0.2) is 16.8 Å². The molecular formula is C17H16N2O3S. The fourth-order valence-corrected chi connectivity index (χ4v) is 2.05. The number of nitrogens with one attached hydrogen (secondary N) is 2. The molecule has 1 heterocycles. The first kappa shape index (κ1) is 16.6. The highest BCUT2D eigenvalue weighted by atomic mass is 32.1. The third-order valence-corrected chi connectivity index (χ3v) is 3.13. The Hall–Kier alpha value is -2.73. The van der Waals surface area contributed by atoms with E-state index in [-0.39, 0.29) is 16.8 Å². The van der Waals surface area contributed by atoms with E-state index in [0.29, 0.717) is 17.0 Å². The molecule has 118 valence electrons. The van der Waals surface area contributed by atoms with Crippen molar-refractivity contribution in [1.82, 2.24) is 5.32 Å². The van der Waals surface area contributed by atoms with Crippen LogP contribution in [0, 0.1) is 6.92 Å². The van der Waals surface area contributed by atoms with Gasteiger partial charge in [0, 0.05) is 17.3 Å². The molecule has 23 heavy (non-hydrogen) atoms. The van der Waals surface area contributed by atoms with Crippen LogP contribution in [0.2, 0.25) is 0 Å². The monoisotopic (exact) mass is 328 g/mol. The normalized spacial score (nSPS) is 10.5. The number of hydrogen-bond acceptors (Lipinski definition) is 4. The molecule has 6 heteroatoms. The first-order valence-electron chi connectivity index (χ1n) is 6.91. The minimum atomic E-state index is -0.376. The van der Waals surface area contributed by atoms with Gasteiger partial charge < -0.3 is 9.73 Å². The van der Waals surface area contributed by atoms with Gasteiger partial charge in [-0.2, -0.15) is 0 Å². The molecule has 1 aromatic carbocycles. The third kappa shape index (κ3) is 5.19. The SMILES string of the molecule is CC(=O)c1cccc(NC(=S)NC(=O)C=Cc2ccc(C)o2)c1. The largest absolute Gasteiger partial charge is 0.462 e. The molecule has 0 atom stereocenters. The number of Topliss-reactive ketones (excluding diaryl/α,β-unsaturated/α-hetero) is 1. The van der Waals surface area contributed by atoms with Crippen LogP contribution < -0.4 is 10.6 Å². The highest BCUT2D eigenvalue weighted by molar-refractivity contribution is 7.80. The average Bonchev–Trinajstić information content (AvgIpc) is 2.91. The Morgan fingerprint density at radius 3 is 2.65 bits per heavy atom. The molecule has 1 amide bonds. The van der Waals surface area contributed by atoms with Crippen molar-refractivity contribution in [2.24, 2.45) is 0 Å². The molecule has 2 rings (SSSR count). The van der Waals surface area contributed by atoms with Crippen LogP contribution in [0.3, 0.4) is 0 Å². The Kier molecular flexibility index (Phi) is 5.43. The minimum Gasteiger partial charge on any atom is -0.462 e. The summed E-state index contributed by atoms with van der Waals surface area (Å²) in [5.41, 5.74) is 1.20. The van der Waals surface area contributed by atoms with Crippen molar-refractivity contribution >= 4 is 40.8 Å². The van der Waals surface area contributed by atoms with Crippen LogP contribution in [0.25, 0.3) is 6.08 Å². The van der Waals surface area contributed by atoms with Gasteiger partial charge in [-0.15, -0.1) is 0 Å². The predicted octanol–water partition coefficient (Wildman–Crippen LogP) is 3.32. The molecule has 0 spiro atoms. The van der Waals surface area contributed by atoms with E-state index in [2.05, 4.69) is 10.6 Å². The summed E-state index contributed by atoms with van der Waals surface area (Å²) in [4.78, 5) is 23.1. The lowest BCUT2D eigenvalue weighted by Crippen LogP contribution is -2.32. The van der Waals surface area contributed by atoms with Gasteiger partial charge >= 0.3 is 0 Å². The van der Waals surface area contributed by atoms with E-state index in [1.807, 2.05) is 13.0 Å². The molecule has 1 aromatic heterocycles. The van der Waals surface area contributed by atoms with Gasteiger partial charge in [0.2, 0.25) is 5.91 Å². The summed E-state index contributed by atoms with van der Waals surface area (Å²) >= 11 is 5.07. The summed E-state index contributed by atoms with van der Waals surface area (Å²) in [6, 6.07) is 10.5. The average molecular weight is 328 g/mol. The molecule has 0 saturated heterocycles. The lowest BCUT2D eigenvalue weighted by atomic mass is 10.1. The quantitative estimate of drug-likeness (QED) is 0.512. The Morgan fingerprint density at radius 2 is 2.00 bits per heavy atom. The van der Waals surface area contributed by atoms with Crippen LogP contribution in [0.5, 0.6) is 0 Å². The Bertz CT molecular complexity index is 778. The molecule has 0 bridgehead atoms. The van der Waals surface area contributed by atoms with E-state index < -0.39 is 0 Å². The van der Waals surface area contributed by atoms with Crippen molar-refractivity contribution in [3.63, 3.8) is 0 Å². The zero-order chi connectivity index (χ0) is 16.8. The number of benzene rings is 1. The van der Waals surface area contributed by atoms with E-state index in [4.69, 9.17) is 16.6 Å². The molecule has 0 aliphatic heterocycles. The molecule has 0 radical (unpaired) electrons. The Balaban J connectivity index is 1.91. The number of amides is 1. The molecule has 0 aliphatic rings. The first-order valence-corrected chi connectivity index (χ1v) is 7.32. The molecule has 2 N–H and O–H groups in total. The number of furan rings is 1. The summed E-state index contributed by atoms with van der Waals surface area (Å²) in [7, 11) is 0. The molecule has 0 aliphatic carbocycles. The summed E-state index contributed by atoms with van der Waals surface area (Å²) in [5.74, 6) is 0.942. The van der Waals surface area contributed by atoms with Crippen molar-refractivity contribution < 1.29 is 14.0 Å². The van der Waals surface area contributed by atoms with Crippen molar-refractivity contribution in [2.45, 2.75) is 13.8 Å². The van der Waals surface area contributed by atoms with E-state index in [9.17, 15) is 9.59 Å². The van der Waals surface area contributed by atoms with Crippen molar-refractivity contribution in [3.8, 4) is 0 Å². The minimum absolute atomic E-state index is 0.0414. The second kappa shape index (κ2) is 7.51. The van der Waals surface area contributed by atoms with Crippen molar-refractivity contribution in [2.75, 3.05) is 5.32 Å². The second-order valence-electron chi connectivity index (χ2n) is 4.86. The maximum Gasteiger partial charge on any atom is 0.250 e. The van der Waals surface area contributed by atoms with Gasteiger partial charge in [-0.05, 0) is 56.4 Å². The number of aryl methyl sites for hydroxylation is 1. The summed E-state index contributed by atoms with van der Waals surface area (Å²) in [5, 5.41) is 5.53. The summed E-state index contributed by atoms with van der Waals surface area (Å²) in [6.45, 7) is 3.31. The van der Waals surface area contributed by atoms with Crippen LogP contribution in [-0.2, 0) is 4.79 Å². The zero-order valence-electron chi connectivity index (χ0n) is 12.8. The van der Waals surface area contributed by atoms with Crippen LogP contribution in [0.4, 0.5) is 5.69 Å². The number of ketones is 1. The second-order valence-corrected chi connectivity index (χ2v) is 5.27. The zero-order valence-corrected chi connectivity index (χ0v) is 13.6. The number of carbonyl (C=O) groups is 2. The number of hydrogen-bond donors (Lipinski definition) is 2. The van der Waals surface area contributed by atoms with E-state index in [1.165, 1.54) is 13.0 Å². The number of anilines is 1. The van der Waals surface area contributed by atoms with Gasteiger partial charge in [0.25, 0.3) is 0 Å². The maximum atomic E-state index is 11.8. The molecule has 0 fully saturated rings. The highest BCUT2D eigenvalue weighted by Gasteiger charge is 2.04. The number of carbonyl (C=O) groups excluding carboxylic acids is 2. The topological polar surface area (TPSA) is 71.3 Å². The van der Waals surface area contributed by atoms with Gasteiger partial charge in [0.05, 0.1) is 0 Å². The van der Waals surface area contributed by atoms with Crippen LogP contribution in [0.15, 0.2) is 46.9 Å².